The molecule has 0 saturated heterocycles. The molecule has 3 rings (SSSR count). The van der Waals surface area contributed by atoms with E-state index < -0.39 is 0 Å². The number of rotatable bonds is 0. The molecular weight excluding hydrogens is 248 g/mol. The molecular formula is C15H15ClO2. The molecule has 0 N–H and O–H groups in total. The molecule has 3 heteroatoms. The molecule has 2 nitrogen and oxygen atoms in total. The molecule has 0 fully saturated rings. The molecule has 1 heterocycles. The topological polar surface area (TPSA) is 26.3 Å². The minimum absolute atomic E-state index is 0.0633. The normalized spacial score (nSPS) is 30.8. The summed E-state index contributed by atoms with van der Waals surface area (Å²) in [4.78, 5) is 11.7. The van der Waals surface area contributed by atoms with Gasteiger partial charge in [0.15, 0.2) is 0 Å². The van der Waals surface area contributed by atoms with Gasteiger partial charge in [0, 0.05) is 27.2 Å². The van der Waals surface area contributed by atoms with Gasteiger partial charge in [-0.15, -0.1) is 0 Å². The van der Waals surface area contributed by atoms with Gasteiger partial charge in [0.05, 0.1) is 0 Å². The molecule has 18 heavy (non-hydrogen) atoms. The standard InChI is InChI=1S/C15H15ClO2/c1-8-10-4-6-15(3)7-5-11(16)9(2)12(15)13(10)18-14(8)17/h5,7H,4,6H2,1-3H3/t15-/m0/s1. The minimum atomic E-state index is -0.213. The Morgan fingerprint density at radius 2 is 2.06 bits per heavy atom. The maximum Gasteiger partial charge on any atom is 0.339 e. The molecule has 1 aliphatic heterocycles. The monoisotopic (exact) mass is 262 g/mol. The molecule has 2 aliphatic carbocycles. The average molecular weight is 263 g/mol. The predicted molar refractivity (Wildman–Crippen MR) is 70.9 cm³/mol. The number of carbonyl (C=O) groups is 1. The average Bonchev–Trinajstić information content (AvgIpc) is 2.60. The van der Waals surface area contributed by atoms with Crippen LogP contribution in [0, 0.1) is 5.41 Å². The second kappa shape index (κ2) is 3.61. The lowest BCUT2D eigenvalue weighted by Gasteiger charge is -2.37. The lowest BCUT2D eigenvalue weighted by atomic mass is 9.67. The highest BCUT2D eigenvalue weighted by atomic mass is 35.5. The van der Waals surface area contributed by atoms with E-state index in [0.29, 0.717) is 0 Å². The molecule has 0 radical (unpaired) electrons. The first-order chi connectivity index (χ1) is 8.44. The van der Waals surface area contributed by atoms with Gasteiger partial charge in [-0.2, -0.15) is 0 Å². The third-order valence-corrected chi connectivity index (χ3v) is 4.66. The molecule has 0 aromatic carbocycles. The Balaban J connectivity index is 2.29. The van der Waals surface area contributed by atoms with Crippen LogP contribution in [0.4, 0.5) is 0 Å². The quantitative estimate of drug-likeness (QED) is 0.617. The number of halogens is 1. The molecule has 0 spiro atoms. The van der Waals surface area contributed by atoms with Crippen molar-refractivity contribution in [1.82, 2.24) is 0 Å². The summed E-state index contributed by atoms with van der Waals surface area (Å²) >= 11 is 6.21. The van der Waals surface area contributed by atoms with E-state index in [-0.39, 0.29) is 11.4 Å². The zero-order valence-electron chi connectivity index (χ0n) is 10.8. The third kappa shape index (κ3) is 1.39. The molecule has 0 bridgehead atoms. The fraction of sp³-hybridized carbons (Fsp3) is 0.400. The van der Waals surface area contributed by atoms with Gasteiger partial charge in [0.25, 0.3) is 0 Å². The highest BCUT2D eigenvalue weighted by Gasteiger charge is 2.42. The number of esters is 1. The minimum Gasteiger partial charge on any atom is -0.423 e. The van der Waals surface area contributed by atoms with Gasteiger partial charge >= 0.3 is 5.97 Å². The Labute approximate surface area is 112 Å². The fourth-order valence-electron chi connectivity index (χ4n) is 3.06. The molecule has 94 valence electrons. The smallest absolute Gasteiger partial charge is 0.339 e. The number of ether oxygens (including phenoxy) is 1. The molecule has 0 unspecified atom stereocenters. The second-order valence-electron chi connectivity index (χ2n) is 5.42. The van der Waals surface area contributed by atoms with Crippen molar-refractivity contribution in [3.05, 3.63) is 45.2 Å². The van der Waals surface area contributed by atoms with Crippen LogP contribution in [0.25, 0.3) is 0 Å². The Kier molecular flexibility index (Phi) is 2.36. The molecule has 0 saturated carbocycles. The summed E-state index contributed by atoms with van der Waals surface area (Å²) in [5, 5.41) is 0.733. The van der Waals surface area contributed by atoms with Crippen molar-refractivity contribution in [2.45, 2.75) is 33.6 Å². The maximum absolute atomic E-state index is 11.7. The largest absolute Gasteiger partial charge is 0.423 e. The van der Waals surface area contributed by atoms with Crippen LogP contribution in [0.5, 0.6) is 0 Å². The second-order valence-corrected chi connectivity index (χ2v) is 5.83. The number of allylic oxidation sites excluding steroid dienone is 6. The summed E-state index contributed by atoms with van der Waals surface area (Å²) < 4.78 is 5.47. The van der Waals surface area contributed by atoms with Gasteiger partial charge in [0.2, 0.25) is 0 Å². The number of hydrogen-bond donors (Lipinski definition) is 0. The number of hydrogen-bond acceptors (Lipinski definition) is 2. The van der Waals surface area contributed by atoms with Crippen LogP contribution in [-0.2, 0) is 9.53 Å². The van der Waals surface area contributed by atoms with Crippen molar-refractivity contribution >= 4 is 17.6 Å². The number of fused-ring (bicyclic) bond motifs is 2. The van der Waals surface area contributed by atoms with Crippen LogP contribution in [-0.4, -0.2) is 5.97 Å². The number of carbonyl (C=O) groups excluding carboxylic acids is 1. The van der Waals surface area contributed by atoms with Gasteiger partial charge in [-0.1, -0.05) is 24.6 Å². The Morgan fingerprint density at radius 1 is 1.33 bits per heavy atom. The third-order valence-electron chi connectivity index (χ3n) is 4.25. The van der Waals surface area contributed by atoms with E-state index >= 15 is 0 Å². The van der Waals surface area contributed by atoms with E-state index in [2.05, 4.69) is 13.0 Å². The SMILES string of the molecule is CC1=C(Cl)C=C[C@]2(C)CCC3=C(C)C(=O)OC3=C12. The van der Waals surface area contributed by atoms with Crippen LogP contribution in [0.1, 0.15) is 33.6 Å². The van der Waals surface area contributed by atoms with Crippen LogP contribution in [0.3, 0.4) is 0 Å². The molecule has 0 aromatic rings. The Hall–Kier alpha value is -1.28. The van der Waals surface area contributed by atoms with E-state index in [4.69, 9.17) is 16.3 Å². The summed E-state index contributed by atoms with van der Waals surface area (Å²) in [5.74, 6) is 0.543. The summed E-state index contributed by atoms with van der Waals surface area (Å²) in [6, 6.07) is 0. The summed E-state index contributed by atoms with van der Waals surface area (Å²) in [7, 11) is 0. The van der Waals surface area contributed by atoms with E-state index in [1.807, 2.05) is 19.9 Å². The summed E-state index contributed by atoms with van der Waals surface area (Å²) in [6.07, 6.45) is 5.97. The van der Waals surface area contributed by atoms with E-state index in [9.17, 15) is 4.79 Å². The Bertz CT molecular complexity index is 590. The molecule has 0 aromatic heterocycles. The van der Waals surface area contributed by atoms with Crippen molar-refractivity contribution in [3.63, 3.8) is 0 Å². The van der Waals surface area contributed by atoms with Crippen LogP contribution >= 0.6 is 11.6 Å². The van der Waals surface area contributed by atoms with Crippen LogP contribution in [0.15, 0.2) is 45.2 Å². The van der Waals surface area contributed by atoms with Crippen molar-refractivity contribution < 1.29 is 9.53 Å². The van der Waals surface area contributed by atoms with Gasteiger partial charge in [-0.25, -0.2) is 4.79 Å². The lowest BCUT2D eigenvalue weighted by Crippen LogP contribution is -2.26. The first-order valence-electron chi connectivity index (χ1n) is 6.17. The summed E-state index contributed by atoms with van der Waals surface area (Å²) in [5.41, 5.74) is 3.86. The maximum atomic E-state index is 11.7. The van der Waals surface area contributed by atoms with E-state index in [1.54, 1.807) is 0 Å². The van der Waals surface area contributed by atoms with Gasteiger partial charge < -0.3 is 4.74 Å². The van der Waals surface area contributed by atoms with Crippen LogP contribution in [0.2, 0.25) is 0 Å². The fourth-order valence-corrected chi connectivity index (χ4v) is 3.22. The summed E-state index contributed by atoms with van der Waals surface area (Å²) in [6.45, 7) is 6.01. The Morgan fingerprint density at radius 3 is 2.78 bits per heavy atom. The van der Waals surface area contributed by atoms with Crippen molar-refractivity contribution in [1.29, 1.82) is 0 Å². The highest BCUT2D eigenvalue weighted by Crippen LogP contribution is 2.52. The predicted octanol–water partition coefficient (Wildman–Crippen LogP) is 4.00. The van der Waals surface area contributed by atoms with Gasteiger partial charge in [-0.3, -0.25) is 0 Å². The van der Waals surface area contributed by atoms with Crippen molar-refractivity contribution in [3.8, 4) is 0 Å². The molecule has 1 atom stereocenters. The molecule has 3 aliphatic rings. The van der Waals surface area contributed by atoms with E-state index in [1.165, 1.54) is 0 Å². The van der Waals surface area contributed by atoms with E-state index in [0.717, 1.165) is 45.9 Å². The lowest BCUT2D eigenvalue weighted by molar-refractivity contribution is -0.133. The van der Waals surface area contributed by atoms with Gasteiger partial charge in [-0.05, 0) is 38.3 Å². The highest BCUT2D eigenvalue weighted by molar-refractivity contribution is 6.32. The zero-order chi connectivity index (χ0) is 13.1. The van der Waals surface area contributed by atoms with Crippen molar-refractivity contribution in [2.24, 2.45) is 5.41 Å². The van der Waals surface area contributed by atoms with Crippen molar-refractivity contribution in [2.75, 3.05) is 0 Å². The molecule has 0 amide bonds. The first-order valence-corrected chi connectivity index (χ1v) is 6.55. The van der Waals surface area contributed by atoms with Gasteiger partial charge in [0.1, 0.15) is 5.76 Å². The first kappa shape index (κ1) is 11.8. The zero-order valence-corrected chi connectivity index (χ0v) is 11.5. The van der Waals surface area contributed by atoms with Crippen LogP contribution < -0.4 is 0 Å².